The Bertz CT molecular complexity index is 1030. The highest BCUT2D eigenvalue weighted by atomic mass is 35.5. The standard InChI is InChI=1S/C21H22ClN3O3/c1-14-5-4-6-17-21(14)16(22)13-25(17)10-9-20(26)24-23-12-15-7-8-18(27-2)19(11-15)28-3/h4-8,11-13H,9-10H2,1-3H3,(H,24,26)/b23-12-. The lowest BCUT2D eigenvalue weighted by Crippen LogP contribution is -2.19. The number of rotatable bonds is 7. The molecule has 0 aliphatic heterocycles. The first-order valence-corrected chi connectivity index (χ1v) is 9.19. The molecule has 1 N–H and O–H groups in total. The van der Waals surface area contributed by atoms with E-state index in [0.29, 0.717) is 23.1 Å². The Balaban J connectivity index is 1.60. The molecular weight excluding hydrogens is 378 g/mol. The average molecular weight is 400 g/mol. The van der Waals surface area contributed by atoms with Gasteiger partial charge < -0.3 is 14.0 Å². The van der Waals surface area contributed by atoms with Gasteiger partial charge in [0.1, 0.15) is 0 Å². The highest BCUT2D eigenvalue weighted by Crippen LogP contribution is 2.29. The van der Waals surface area contributed by atoms with E-state index in [1.807, 2.05) is 42.0 Å². The van der Waals surface area contributed by atoms with E-state index >= 15 is 0 Å². The van der Waals surface area contributed by atoms with Gasteiger partial charge >= 0.3 is 0 Å². The molecule has 3 rings (SSSR count). The Kier molecular flexibility index (Phi) is 6.21. The molecule has 3 aromatic rings. The van der Waals surface area contributed by atoms with Crippen LogP contribution in [0, 0.1) is 6.92 Å². The maximum atomic E-state index is 12.1. The van der Waals surface area contributed by atoms with Crippen molar-refractivity contribution in [1.82, 2.24) is 9.99 Å². The van der Waals surface area contributed by atoms with E-state index < -0.39 is 0 Å². The van der Waals surface area contributed by atoms with Crippen LogP contribution in [-0.4, -0.2) is 30.9 Å². The van der Waals surface area contributed by atoms with Crippen LogP contribution in [0.2, 0.25) is 5.02 Å². The molecule has 0 saturated carbocycles. The number of halogens is 1. The number of benzene rings is 2. The lowest BCUT2D eigenvalue weighted by Gasteiger charge is -2.07. The zero-order valence-electron chi connectivity index (χ0n) is 16.0. The molecule has 0 saturated heterocycles. The van der Waals surface area contributed by atoms with Crippen LogP contribution in [0.4, 0.5) is 0 Å². The van der Waals surface area contributed by atoms with Crippen molar-refractivity contribution < 1.29 is 14.3 Å². The minimum atomic E-state index is -0.178. The maximum Gasteiger partial charge on any atom is 0.241 e. The third-order valence-electron chi connectivity index (χ3n) is 4.46. The van der Waals surface area contributed by atoms with Crippen LogP contribution in [0.15, 0.2) is 47.7 Å². The Morgan fingerprint density at radius 3 is 2.75 bits per heavy atom. The molecule has 0 spiro atoms. The quantitative estimate of drug-likeness (QED) is 0.479. The summed E-state index contributed by atoms with van der Waals surface area (Å²) >= 11 is 6.33. The molecule has 0 fully saturated rings. The fraction of sp³-hybridized carbons (Fsp3) is 0.238. The van der Waals surface area contributed by atoms with Crippen LogP contribution >= 0.6 is 11.6 Å². The summed E-state index contributed by atoms with van der Waals surface area (Å²) in [6.45, 7) is 2.54. The number of carbonyl (C=O) groups excluding carboxylic acids is 1. The number of hydrazone groups is 1. The van der Waals surface area contributed by atoms with Crippen LogP contribution in [0.3, 0.4) is 0 Å². The minimum absolute atomic E-state index is 0.178. The molecule has 1 amide bonds. The van der Waals surface area contributed by atoms with Gasteiger partial charge in [0.2, 0.25) is 5.91 Å². The first-order chi connectivity index (χ1) is 13.5. The lowest BCUT2D eigenvalue weighted by atomic mass is 10.1. The van der Waals surface area contributed by atoms with Gasteiger partial charge in [-0.2, -0.15) is 5.10 Å². The molecule has 28 heavy (non-hydrogen) atoms. The van der Waals surface area contributed by atoms with Crippen LogP contribution in [0.1, 0.15) is 17.5 Å². The summed E-state index contributed by atoms with van der Waals surface area (Å²) in [5.41, 5.74) is 5.47. The fourth-order valence-electron chi connectivity index (χ4n) is 3.05. The normalized spacial score (nSPS) is 11.1. The summed E-state index contributed by atoms with van der Waals surface area (Å²) in [5.74, 6) is 1.06. The van der Waals surface area contributed by atoms with E-state index in [-0.39, 0.29) is 12.3 Å². The van der Waals surface area contributed by atoms with E-state index in [9.17, 15) is 4.79 Å². The molecule has 0 atom stereocenters. The Hall–Kier alpha value is -2.99. The van der Waals surface area contributed by atoms with Gasteiger partial charge in [-0.05, 0) is 42.3 Å². The van der Waals surface area contributed by atoms with E-state index in [4.69, 9.17) is 21.1 Å². The van der Waals surface area contributed by atoms with E-state index in [2.05, 4.69) is 10.5 Å². The molecule has 0 aliphatic carbocycles. The maximum absolute atomic E-state index is 12.1. The second-order valence-corrected chi connectivity index (χ2v) is 6.70. The molecule has 2 aromatic carbocycles. The molecule has 6 nitrogen and oxygen atoms in total. The number of methoxy groups -OCH3 is 2. The largest absolute Gasteiger partial charge is 0.493 e. The summed E-state index contributed by atoms with van der Waals surface area (Å²) in [5, 5.41) is 5.73. The fourth-order valence-corrected chi connectivity index (χ4v) is 3.41. The number of fused-ring (bicyclic) bond motifs is 1. The molecular formula is C21H22ClN3O3. The summed E-state index contributed by atoms with van der Waals surface area (Å²) < 4.78 is 12.4. The molecule has 1 heterocycles. The van der Waals surface area contributed by atoms with Gasteiger partial charge in [0, 0.05) is 30.1 Å². The molecule has 146 valence electrons. The van der Waals surface area contributed by atoms with Crippen molar-refractivity contribution in [2.45, 2.75) is 19.9 Å². The third-order valence-corrected chi connectivity index (χ3v) is 4.75. The highest BCUT2D eigenvalue weighted by Gasteiger charge is 2.10. The number of aromatic nitrogens is 1. The third kappa shape index (κ3) is 4.28. The Morgan fingerprint density at radius 1 is 1.21 bits per heavy atom. The Labute approximate surface area is 168 Å². The van der Waals surface area contributed by atoms with Crippen molar-refractivity contribution in [2.24, 2.45) is 5.10 Å². The molecule has 0 unspecified atom stereocenters. The van der Waals surface area contributed by atoms with Crippen LogP contribution in [0.25, 0.3) is 10.9 Å². The molecule has 0 radical (unpaired) electrons. The van der Waals surface area contributed by atoms with Crippen molar-refractivity contribution in [3.63, 3.8) is 0 Å². The van der Waals surface area contributed by atoms with Crippen LogP contribution in [0.5, 0.6) is 11.5 Å². The van der Waals surface area contributed by atoms with Crippen molar-refractivity contribution in [2.75, 3.05) is 14.2 Å². The van der Waals surface area contributed by atoms with Gasteiger partial charge in [-0.3, -0.25) is 4.79 Å². The number of nitrogens with zero attached hydrogens (tertiary/aromatic N) is 2. The van der Waals surface area contributed by atoms with Crippen molar-refractivity contribution in [3.8, 4) is 11.5 Å². The van der Waals surface area contributed by atoms with Gasteiger partial charge in [0.15, 0.2) is 11.5 Å². The van der Waals surface area contributed by atoms with Gasteiger partial charge in [-0.15, -0.1) is 0 Å². The Morgan fingerprint density at radius 2 is 2.00 bits per heavy atom. The summed E-state index contributed by atoms with van der Waals surface area (Å²) in [4.78, 5) is 12.1. The zero-order valence-corrected chi connectivity index (χ0v) is 16.8. The SMILES string of the molecule is COc1ccc(/C=N\NC(=O)CCn2cc(Cl)c3c(C)cccc32)cc1OC. The number of hydrogen-bond acceptors (Lipinski definition) is 4. The zero-order chi connectivity index (χ0) is 20.1. The van der Waals surface area contributed by atoms with E-state index in [1.54, 1.807) is 32.6 Å². The molecule has 0 bridgehead atoms. The first kappa shape index (κ1) is 19.8. The number of carbonyl (C=O) groups is 1. The molecule has 7 heteroatoms. The second-order valence-electron chi connectivity index (χ2n) is 6.30. The predicted octanol–water partition coefficient (Wildman–Crippen LogP) is 4.16. The number of hydrogen-bond donors (Lipinski definition) is 1. The second kappa shape index (κ2) is 8.80. The smallest absolute Gasteiger partial charge is 0.241 e. The molecule has 0 aliphatic rings. The van der Waals surface area contributed by atoms with Gasteiger partial charge in [0.05, 0.1) is 25.5 Å². The van der Waals surface area contributed by atoms with Crippen LogP contribution < -0.4 is 14.9 Å². The molecule has 1 aromatic heterocycles. The van der Waals surface area contributed by atoms with Crippen molar-refractivity contribution in [3.05, 3.63) is 58.7 Å². The van der Waals surface area contributed by atoms with Gasteiger partial charge in [-0.25, -0.2) is 5.43 Å². The predicted molar refractivity (Wildman–Crippen MR) is 112 cm³/mol. The van der Waals surface area contributed by atoms with E-state index in [0.717, 1.165) is 22.0 Å². The van der Waals surface area contributed by atoms with E-state index in [1.165, 1.54) is 0 Å². The topological polar surface area (TPSA) is 64.8 Å². The number of nitrogens with one attached hydrogen (secondary N) is 1. The summed E-state index contributed by atoms with van der Waals surface area (Å²) in [6, 6.07) is 11.4. The summed E-state index contributed by atoms with van der Waals surface area (Å²) in [6.07, 6.45) is 3.71. The first-order valence-electron chi connectivity index (χ1n) is 8.81. The van der Waals surface area contributed by atoms with Gasteiger partial charge in [-0.1, -0.05) is 23.7 Å². The number of ether oxygens (including phenoxy) is 2. The average Bonchev–Trinajstić information content (AvgIpc) is 3.03. The van der Waals surface area contributed by atoms with Crippen molar-refractivity contribution in [1.29, 1.82) is 0 Å². The monoisotopic (exact) mass is 399 g/mol. The minimum Gasteiger partial charge on any atom is -0.493 e. The lowest BCUT2D eigenvalue weighted by molar-refractivity contribution is -0.121. The van der Waals surface area contributed by atoms with Crippen LogP contribution in [-0.2, 0) is 11.3 Å². The van der Waals surface area contributed by atoms with Gasteiger partial charge in [0.25, 0.3) is 0 Å². The highest BCUT2D eigenvalue weighted by molar-refractivity contribution is 6.35. The van der Waals surface area contributed by atoms with Crippen molar-refractivity contribution >= 4 is 34.6 Å². The number of amides is 1. The number of aryl methyl sites for hydroxylation is 2. The summed E-state index contributed by atoms with van der Waals surface area (Å²) in [7, 11) is 3.15.